The number of benzene rings is 1. The monoisotopic (exact) mass is 249 g/mol. The molecule has 0 aliphatic rings. The number of hydrogen-bond donors (Lipinski definition) is 2. The zero-order chi connectivity index (χ0) is 13.9. The van der Waals surface area contributed by atoms with E-state index in [1.807, 2.05) is 0 Å². The maximum absolute atomic E-state index is 10.4. The highest BCUT2D eigenvalue weighted by atomic mass is 16.4. The lowest BCUT2D eigenvalue weighted by molar-refractivity contribution is 0.194. The summed E-state index contributed by atoms with van der Waals surface area (Å²) in [5, 5.41) is 11.0. The van der Waals surface area contributed by atoms with E-state index in [0.717, 1.165) is 6.42 Å². The summed E-state index contributed by atoms with van der Waals surface area (Å²) in [7, 11) is 0. The molecule has 0 bridgehead atoms. The van der Waals surface area contributed by atoms with Crippen molar-refractivity contribution in [3.63, 3.8) is 0 Å². The second-order valence-corrected chi connectivity index (χ2v) is 5.82. The molecule has 3 heteroatoms. The summed E-state index contributed by atoms with van der Waals surface area (Å²) in [4.78, 5) is 10.4. The quantitative estimate of drug-likeness (QED) is 0.862. The van der Waals surface area contributed by atoms with Gasteiger partial charge in [-0.25, -0.2) is 4.79 Å². The summed E-state index contributed by atoms with van der Waals surface area (Å²) in [5.74, 6) is 0. The molecule has 0 saturated heterocycles. The Kier molecular flexibility index (Phi) is 4.38. The Morgan fingerprint density at radius 2 is 1.72 bits per heavy atom. The van der Waals surface area contributed by atoms with Gasteiger partial charge in [-0.15, -0.1) is 0 Å². The first kappa shape index (κ1) is 14.6. The van der Waals surface area contributed by atoms with Crippen molar-refractivity contribution < 1.29 is 9.90 Å². The molecule has 0 saturated carbocycles. The number of rotatable bonds is 3. The highest BCUT2D eigenvalue weighted by molar-refractivity contribution is 5.64. The van der Waals surface area contributed by atoms with Gasteiger partial charge in [-0.3, -0.25) is 0 Å². The fourth-order valence-corrected chi connectivity index (χ4v) is 2.12. The van der Waals surface area contributed by atoms with E-state index >= 15 is 0 Å². The Bertz CT molecular complexity index is 421. The normalized spacial score (nSPS) is 11.4. The molecule has 0 fully saturated rings. The molecule has 0 heterocycles. The van der Waals surface area contributed by atoms with Crippen molar-refractivity contribution in [3.8, 4) is 0 Å². The molecule has 1 rings (SSSR count). The molecule has 1 aromatic rings. The predicted molar refractivity (Wildman–Crippen MR) is 74.3 cm³/mol. The lowest BCUT2D eigenvalue weighted by atomic mass is 9.83. The van der Waals surface area contributed by atoms with E-state index < -0.39 is 6.09 Å². The Hall–Kier alpha value is -1.51. The lowest BCUT2D eigenvalue weighted by Crippen LogP contribution is -2.24. The largest absolute Gasteiger partial charge is 0.465 e. The van der Waals surface area contributed by atoms with Gasteiger partial charge in [0.2, 0.25) is 0 Å². The highest BCUT2D eigenvalue weighted by Crippen LogP contribution is 2.26. The maximum Gasteiger partial charge on any atom is 0.404 e. The average Bonchev–Trinajstić information content (AvgIpc) is 2.20. The molecule has 1 amide bonds. The van der Waals surface area contributed by atoms with E-state index in [0.29, 0.717) is 6.54 Å². The lowest BCUT2D eigenvalue weighted by Gasteiger charge is -2.22. The predicted octanol–water partition coefficient (Wildman–Crippen LogP) is 3.41. The van der Waals surface area contributed by atoms with Crippen LogP contribution >= 0.6 is 0 Å². The van der Waals surface area contributed by atoms with Crippen molar-refractivity contribution in [1.29, 1.82) is 0 Å². The molecular formula is C15H23NO2. The van der Waals surface area contributed by atoms with Crippen LogP contribution in [-0.2, 0) is 11.8 Å². The SMILES string of the molecule is Cc1cc(C(C)(C)C)cc(C)c1CCNC(=O)O. The Morgan fingerprint density at radius 1 is 1.22 bits per heavy atom. The molecule has 0 aromatic heterocycles. The molecule has 0 unspecified atom stereocenters. The minimum absolute atomic E-state index is 0.146. The van der Waals surface area contributed by atoms with Crippen molar-refractivity contribution in [2.45, 2.75) is 46.5 Å². The van der Waals surface area contributed by atoms with Crippen molar-refractivity contribution in [2.75, 3.05) is 6.54 Å². The summed E-state index contributed by atoms with van der Waals surface area (Å²) in [5.41, 5.74) is 5.20. The van der Waals surface area contributed by atoms with E-state index in [1.165, 1.54) is 22.3 Å². The summed E-state index contributed by atoms with van der Waals surface area (Å²) < 4.78 is 0. The third-order valence-corrected chi connectivity index (χ3v) is 3.21. The Morgan fingerprint density at radius 3 is 2.11 bits per heavy atom. The van der Waals surface area contributed by atoms with Crippen molar-refractivity contribution in [1.82, 2.24) is 5.32 Å². The molecule has 100 valence electrons. The van der Waals surface area contributed by atoms with Gasteiger partial charge in [0.25, 0.3) is 0 Å². The summed E-state index contributed by atoms with van der Waals surface area (Å²) in [6, 6.07) is 4.42. The van der Waals surface area contributed by atoms with Gasteiger partial charge >= 0.3 is 6.09 Å². The van der Waals surface area contributed by atoms with Crippen LogP contribution in [0.4, 0.5) is 4.79 Å². The third kappa shape index (κ3) is 3.76. The van der Waals surface area contributed by atoms with Crippen LogP contribution in [0.15, 0.2) is 12.1 Å². The van der Waals surface area contributed by atoms with E-state index in [-0.39, 0.29) is 5.41 Å². The number of nitrogens with one attached hydrogen (secondary N) is 1. The first-order chi connectivity index (χ1) is 8.21. The fourth-order valence-electron chi connectivity index (χ4n) is 2.12. The third-order valence-electron chi connectivity index (χ3n) is 3.21. The molecule has 2 N–H and O–H groups in total. The van der Waals surface area contributed by atoms with Crippen molar-refractivity contribution in [3.05, 3.63) is 34.4 Å². The van der Waals surface area contributed by atoms with Crippen LogP contribution in [0.5, 0.6) is 0 Å². The number of amides is 1. The minimum Gasteiger partial charge on any atom is -0.465 e. The molecule has 0 radical (unpaired) electrons. The van der Waals surface area contributed by atoms with Crippen LogP contribution in [0.1, 0.15) is 43.0 Å². The van der Waals surface area contributed by atoms with E-state index in [2.05, 4.69) is 52.1 Å². The van der Waals surface area contributed by atoms with Crippen LogP contribution in [-0.4, -0.2) is 17.7 Å². The molecular weight excluding hydrogens is 226 g/mol. The van der Waals surface area contributed by atoms with Gasteiger partial charge in [0.1, 0.15) is 0 Å². The Balaban J connectivity index is 2.91. The van der Waals surface area contributed by atoms with Crippen LogP contribution < -0.4 is 5.32 Å². The van der Waals surface area contributed by atoms with Gasteiger partial charge in [0.05, 0.1) is 0 Å². The van der Waals surface area contributed by atoms with E-state index in [4.69, 9.17) is 5.11 Å². The van der Waals surface area contributed by atoms with E-state index in [9.17, 15) is 4.79 Å². The highest BCUT2D eigenvalue weighted by Gasteiger charge is 2.16. The van der Waals surface area contributed by atoms with Gasteiger partial charge in [0, 0.05) is 6.54 Å². The molecule has 3 nitrogen and oxygen atoms in total. The zero-order valence-corrected chi connectivity index (χ0v) is 11.9. The standard InChI is InChI=1S/C15H23NO2/c1-10-8-12(15(3,4)5)9-11(2)13(10)6-7-16-14(17)18/h8-9,16H,6-7H2,1-5H3,(H,17,18). The first-order valence-corrected chi connectivity index (χ1v) is 6.29. The van der Waals surface area contributed by atoms with Gasteiger partial charge < -0.3 is 10.4 Å². The zero-order valence-electron chi connectivity index (χ0n) is 11.9. The average molecular weight is 249 g/mol. The topological polar surface area (TPSA) is 49.3 Å². The maximum atomic E-state index is 10.4. The van der Waals surface area contributed by atoms with Crippen LogP contribution in [0, 0.1) is 13.8 Å². The minimum atomic E-state index is -0.961. The van der Waals surface area contributed by atoms with Crippen LogP contribution in [0.3, 0.4) is 0 Å². The Labute approximate surface area is 109 Å². The first-order valence-electron chi connectivity index (χ1n) is 6.29. The van der Waals surface area contributed by atoms with Crippen molar-refractivity contribution in [2.24, 2.45) is 0 Å². The molecule has 18 heavy (non-hydrogen) atoms. The fraction of sp³-hybridized carbons (Fsp3) is 0.533. The second-order valence-electron chi connectivity index (χ2n) is 5.82. The van der Waals surface area contributed by atoms with Gasteiger partial charge in [-0.1, -0.05) is 32.9 Å². The molecule has 1 aromatic carbocycles. The van der Waals surface area contributed by atoms with Crippen molar-refractivity contribution >= 4 is 6.09 Å². The number of carbonyl (C=O) groups is 1. The molecule has 0 spiro atoms. The van der Waals surface area contributed by atoms with E-state index in [1.54, 1.807) is 0 Å². The molecule has 0 aliphatic heterocycles. The smallest absolute Gasteiger partial charge is 0.404 e. The number of carboxylic acid groups (broad SMARTS) is 1. The van der Waals surface area contributed by atoms with Crippen LogP contribution in [0.2, 0.25) is 0 Å². The molecule has 0 aliphatic carbocycles. The van der Waals surface area contributed by atoms with Gasteiger partial charge in [0.15, 0.2) is 0 Å². The van der Waals surface area contributed by atoms with Crippen LogP contribution in [0.25, 0.3) is 0 Å². The van der Waals surface area contributed by atoms with Gasteiger partial charge in [-0.05, 0) is 47.9 Å². The van der Waals surface area contributed by atoms with Gasteiger partial charge in [-0.2, -0.15) is 0 Å². The summed E-state index contributed by atoms with van der Waals surface area (Å²) in [6.45, 7) is 11.3. The number of aryl methyl sites for hydroxylation is 2. The number of hydrogen-bond acceptors (Lipinski definition) is 1. The molecule has 0 atom stereocenters. The summed E-state index contributed by atoms with van der Waals surface area (Å²) in [6.07, 6.45) is -0.217. The summed E-state index contributed by atoms with van der Waals surface area (Å²) >= 11 is 0. The second kappa shape index (κ2) is 5.42.